The molecular weight excluding hydrogens is 421 g/mol. The van der Waals surface area contributed by atoms with Crippen LogP contribution in [0.1, 0.15) is 37.8 Å². The van der Waals surface area contributed by atoms with E-state index < -0.39 is 28.2 Å². The number of hydrogen-bond acceptors (Lipinski definition) is 5. The van der Waals surface area contributed by atoms with Crippen molar-refractivity contribution < 1.29 is 19.1 Å². The maximum Gasteiger partial charge on any atom is 0.156 e. The normalized spacial score (nSPS) is 17.4. The van der Waals surface area contributed by atoms with Crippen LogP contribution in [0.15, 0.2) is 61.2 Å². The molecule has 6 nitrogen and oxygen atoms in total. The zero-order chi connectivity index (χ0) is 23.4. The van der Waals surface area contributed by atoms with Crippen LogP contribution in [0.25, 0.3) is 22.2 Å². The predicted octanol–water partition coefficient (Wildman–Crippen LogP) is 4.71. The van der Waals surface area contributed by atoms with Crippen LogP contribution in [0.4, 0.5) is 4.39 Å². The van der Waals surface area contributed by atoms with Gasteiger partial charge in [0.1, 0.15) is 22.6 Å². The molecule has 1 saturated carbocycles. The summed E-state index contributed by atoms with van der Waals surface area (Å²) in [7, 11) is 0. The van der Waals surface area contributed by atoms with Gasteiger partial charge in [-0.05, 0) is 35.7 Å². The van der Waals surface area contributed by atoms with Crippen LogP contribution >= 0.6 is 0 Å². The number of Topliss-reactive ketones (excluding diaryl/α,β-unsaturated/α-hetero) is 2. The number of pyridine rings is 2. The summed E-state index contributed by atoms with van der Waals surface area (Å²) < 4.78 is 15.2. The number of H-pyrrole nitrogens is 1. The highest BCUT2D eigenvalue weighted by molar-refractivity contribution is 6.20. The molecule has 4 aromatic rings. The highest BCUT2D eigenvalue weighted by atomic mass is 19.1. The number of phenolic OH excluding ortho intramolecular Hbond substituents is 1. The Balaban J connectivity index is 1.82. The van der Waals surface area contributed by atoms with Gasteiger partial charge in [0, 0.05) is 65.3 Å². The maximum absolute atomic E-state index is 15.2. The Hall–Kier alpha value is -3.87. The summed E-state index contributed by atoms with van der Waals surface area (Å²) >= 11 is 0. The van der Waals surface area contributed by atoms with E-state index in [1.54, 1.807) is 30.9 Å². The summed E-state index contributed by atoms with van der Waals surface area (Å²) in [6.45, 7) is 3.70. The standard InChI is InChI=1S/C26H22FN3O3/c1-25(2)10-22(32)26(23(33)11-25,19-9-17(31)5-6-21(19)27)20-14-30-24-18(20)8-16(13-29-24)15-4-3-7-28-12-15/h3-9,12-14,31H,10-11H2,1-2H3,(H,29,30). The van der Waals surface area contributed by atoms with Crippen molar-refractivity contribution in [2.45, 2.75) is 32.1 Å². The molecule has 1 aliphatic rings. The lowest BCUT2D eigenvalue weighted by Crippen LogP contribution is -2.52. The van der Waals surface area contributed by atoms with Crippen LogP contribution in [0.2, 0.25) is 0 Å². The Labute approximate surface area is 189 Å². The van der Waals surface area contributed by atoms with Crippen molar-refractivity contribution in [1.29, 1.82) is 0 Å². The molecular formula is C26H22FN3O3. The quantitative estimate of drug-likeness (QED) is 0.447. The van der Waals surface area contributed by atoms with Gasteiger partial charge in [-0.3, -0.25) is 14.6 Å². The fourth-order valence-corrected chi connectivity index (χ4v) is 4.90. The lowest BCUT2D eigenvalue weighted by atomic mass is 9.58. The molecule has 0 amide bonds. The number of benzene rings is 1. The number of aromatic nitrogens is 3. The average molecular weight is 443 g/mol. The highest BCUT2D eigenvalue weighted by Gasteiger charge is 2.56. The highest BCUT2D eigenvalue weighted by Crippen LogP contribution is 2.49. The fourth-order valence-electron chi connectivity index (χ4n) is 4.90. The minimum absolute atomic E-state index is 0.0935. The molecule has 5 rings (SSSR count). The van der Waals surface area contributed by atoms with Gasteiger partial charge >= 0.3 is 0 Å². The number of halogens is 1. The summed E-state index contributed by atoms with van der Waals surface area (Å²) in [6.07, 6.45) is 6.78. The number of hydrogen-bond donors (Lipinski definition) is 2. The number of phenols is 1. The topological polar surface area (TPSA) is 95.9 Å². The van der Waals surface area contributed by atoms with Gasteiger partial charge in [0.2, 0.25) is 0 Å². The van der Waals surface area contributed by atoms with Gasteiger partial charge in [-0.15, -0.1) is 0 Å². The molecule has 0 aliphatic heterocycles. The predicted molar refractivity (Wildman–Crippen MR) is 121 cm³/mol. The number of nitrogens with one attached hydrogen (secondary N) is 1. The second kappa shape index (κ2) is 7.33. The molecule has 3 aromatic heterocycles. The molecule has 0 atom stereocenters. The summed E-state index contributed by atoms with van der Waals surface area (Å²) in [4.78, 5) is 39.2. The van der Waals surface area contributed by atoms with E-state index in [4.69, 9.17) is 0 Å². The van der Waals surface area contributed by atoms with Gasteiger partial charge in [-0.1, -0.05) is 19.9 Å². The lowest BCUT2D eigenvalue weighted by molar-refractivity contribution is -0.140. The number of aromatic amines is 1. The largest absolute Gasteiger partial charge is 0.508 e. The molecule has 1 aliphatic carbocycles. The zero-order valence-electron chi connectivity index (χ0n) is 18.2. The lowest BCUT2D eigenvalue weighted by Gasteiger charge is -2.41. The van der Waals surface area contributed by atoms with Gasteiger partial charge in [0.05, 0.1) is 0 Å². The molecule has 0 unspecified atom stereocenters. The summed E-state index contributed by atoms with van der Waals surface area (Å²) in [5.41, 5.74) is -0.185. The van der Waals surface area contributed by atoms with Crippen molar-refractivity contribution in [3.8, 4) is 16.9 Å². The van der Waals surface area contributed by atoms with Gasteiger partial charge in [0.25, 0.3) is 0 Å². The number of carbonyl (C=O) groups excluding carboxylic acids is 2. The van der Waals surface area contributed by atoms with Crippen LogP contribution < -0.4 is 0 Å². The molecule has 7 heteroatoms. The number of fused-ring (bicyclic) bond motifs is 1. The van der Waals surface area contributed by atoms with Crippen LogP contribution in [0.5, 0.6) is 5.75 Å². The molecule has 0 radical (unpaired) electrons. The van der Waals surface area contributed by atoms with E-state index in [2.05, 4.69) is 15.0 Å². The molecule has 3 heterocycles. The van der Waals surface area contributed by atoms with Crippen molar-refractivity contribution in [2.75, 3.05) is 0 Å². The van der Waals surface area contributed by atoms with E-state index in [0.29, 0.717) is 16.6 Å². The van der Waals surface area contributed by atoms with Gasteiger partial charge in [-0.25, -0.2) is 9.37 Å². The van der Waals surface area contributed by atoms with Crippen molar-refractivity contribution in [3.05, 3.63) is 78.1 Å². The third kappa shape index (κ3) is 3.23. The summed E-state index contributed by atoms with van der Waals surface area (Å²) in [5.74, 6) is -1.74. The van der Waals surface area contributed by atoms with Crippen LogP contribution in [-0.4, -0.2) is 31.6 Å². The Morgan fingerprint density at radius 3 is 2.45 bits per heavy atom. The van der Waals surface area contributed by atoms with Gasteiger partial charge in [0.15, 0.2) is 11.6 Å². The molecule has 0 spiro atoms. The van der Waals surface area contributed by atoms with E-state index >= 15 is 4.39 Å². The fraction of sp³-hybridized carbons (Fsp3) is 0.231. The first-order valence-electron chi connectivity index (χ1n) is 10.7. The van der Waals surface area contributed by atoms with Gasteiger partial charge in [-0.2, -0.15) is 0 Å². The first-order valence-corrected chi connectivity index (χ1v) is 10.7. The number of carbonyl (C=O) groups is 2. The summed E-state index contributed by atoms with van der Waals surface area (Å²) in [5, 5.41) is 10.7. The zero-order valence-corrected chi connectivity index (χ0v) is 18.2. The van der Waals surface area contributed by atoms with Crippen molar-refractivity contribution in [1.82, 2.24) is 15.0 Å². The second-order valence-corrected chi connectivity index (χ2v) is 9.34. The van der Waals surface area contributed by atoms with E-state index in [9.17, 15) is 14.7 Å². The number of aromatic hydroxyl groups is 1. The van der Waals surface area contributed by atoms with Gasteiger partial charge < -0.3 is 10.1 Å². The first-order chi connectivity index (χ1) is 15.7. The van der Waals surface area contributed by atoms with E-state index in [1.165, 1.54) is 12.1 Å². The number of nitrogens with zero attached hydrogens (tertiary/aromatic N) is 2. The Morgan fingerprint density at radius 1 is 1.00 bits per heavy atom. The molecule has 166 valence electrons. The summed E-state index contributed by atoms with van der Waals surface area (Å²) in [6, 6.07) is 8.98. The Kier molecular flexibility index (Phi) is 4.67. The van der Waals surface area contributed by atoms with E-state index in [1.807, 2.05) is 26.0 Å². The van der Waals surface area contributed by atoms with E-state index in [0.717, 1.165) is 17.2 Å². The van der Waals surface area contributed by atoms with Crippen molar-refractivity contribution >= 4 is 22.6 Å². The maximum atomic E-state index is 15.2. The van der Waals surface area contributed by atoms with Crippen LogP contribution in [0, 0.1) is 11.2 Å². The third-order valence-electron chi connectivity index (χ3n) is 6.40. The van der Waals surface area contributed by atoms with E-state index in [-0.39, 0.29) is 24.2 Å². The Morgan fingerprint density at radius 2 is 1.76 bits per heavy atom. The first kappa shape index (κ1) is 21.0. The van der Waals surface area contributed by atoms with Crippen LogP contribution in [0.3, 0.4) is 0 Å². The minimum Gasteiger partial charge on any atom is -0.508 e. The number of rotatable bonds is 3. The van der Waals surface area contributed by atoms with Crippen molar-refractivity contribution in [2.24, 2.45) is 5.41 Å². The molecule has 0 bridgehead atoms. The average Bonchev–Trinajstić information content (AvgIpc) is 3.19. The molecule has 2 N–H and O–H groups in total. The number of ketones is 2. The smallest absolute Gasteiger partial charge is 0.156 e. The minimum atomic E-state index is -1.88. The molecule has 0 saturated heterocycles. The van der Waals surface area contributed by atoms with Crippen molar-refractivity contribution in [3.63, 3.8) is 0 Å². The second-order valence-electron chi connectivity index (χ2n) is 9.34. The van der Waals surface area contributed by atoms with Crippen LogP contribution in [-0.2, 0) is 15.0 Å². The molecule has 33 heavy (non-hydrogen) atoms. The Bertz CT molecular complexity index is 1390. The third-order valence-corrected chi connectivity index (χ3v) is 6.40. The monoisotopic (exact) mass is 443 g/mol. The molecule has 1 aromatic carbocycles. The SMILES string of the molecule is CC1(C)CC(=O)C(c2cc(O)ccc2F)(c2c[nH]c3ncc(-c4cccnc4)cc23)C(=O)C1. The molecule has 1 fully saturated rings.